The Morgan fingerprint density at radius 1 is 1.50 bits per heavy atom. The van der Waals surface area contributed by atoms with Crippen molar-refractivity contribution in [3.8, 4) is 5.75 Å². The van der Waals surface area contributed by atoms with Gasteiger partial charge in [0.05, 0.1) is 0 Å². The SMILES string of the molecule is CCNC1CC(C)(C)Oc2ccc(I)cc21. The van der Waals surface area contributed by atoms with E-state index in [9.17, 15) is 0 Å². The van der Waals surface area contributed by atoms with Crippen molar-refractivity contribution in [3.05, 3.63) is 27.3 Å². The molecule has 0 spiro atoms. The molecular formula is C13H18INO. The van der Waals surface area contributed by atoms with Crippen LogP contribution >= 0.6 is 22.6 Å². The van der Waals surface area contributed by atoms with Crippen LogP contribution in [0.4, 0.5) is 0 Å². The Hall–Kier alpha value is -0.290. The highest BCUT2D eigenvalue weighted by Gasteiger charge is 2.33. The molecule has 88 valence electrons. The quantitative estimate of drug-likeness (QED) is 0.838. The zero-order valence-corrected chi connectivity index (χ0v) is 12.2. The number of halogens is 1. The molecule has 1 aliphatic rings. The first kappa shape index (κ1) is 12.2. The van der Waals surface area contributed by atoms with E-state index in [1.165, 1.54) is 9.13 Å². The number of fused-ring (bicyclic) bond motifs is 1. The molecule has 1 aliphatic heterocycles. The molecule has 1 N–H and O–H groups in total. The molecule has 1 atom stereocenters. The Morgan fingerprint density at radius 3 is 2.94 bits per heavy atom. The summed E-state index contributed by atoms with van der Waals surface area (Å²) in [6, 6.07) is 6.82. The van der Waals surface area contributed by atoms with Crippen molar-refractivity contribution in [1.29, 1.82) is 0 Å². The standard InChI is InChI=1S/C13H18INO/c1-4-15-11-8-13(2,3)16-12-6-5-9(14)7-10(11)12/h5-7,11,15H,4,8H2,1-3H3. The smallest absolute Gasteiger partial charge is 0.124 e. The summed E-state index contributed by atoms with van der Waals surface area (Å²) in [7, 11) is 0. The number of hydrogen-bond donors (Lipinski definition) is 1. The van der Waals surface area contributed by atoms with Gasteiger partial charge in [0.2, 0.25) is 0 Å². The maximum absolute atomic E-state index is 6.01. The van der Waals surface area contributed by atoms with Gasteiger partial charge in [0, 0.05) is 21.6 Å². The summed E-state index contributed by atoms with van der Waals surface area (Å²) in [6.45, 7) is 7.44. The second-order valence-electron chi connectivity index (χ2n) is 4.86. The number of nitrogens with one attached hydrogen (secondary N) is 1. The van der Waals surface area contributed by atoms with E-state index in [1.807, 2.05) is 0 Å². The van der Waals surface area contributed by atoms with Gasteiger partial charge in [0.1, 0.15) is 11.4 Å². The van der Waals surface area contributed by atoms with E-state index in [4.69, 9.17) is 4.74 Å². The molecule has 2 rings (SSSR count). The van der Waals surface area contributed by atoms with E-state index in [0.29, 0.717) is 6.04 Å². The van der Waals surface area contributed by atoms with Gasteiger partial charge < -0.3 is 10.1 Å². The number of hydrogen-bond acceptors (Lipinski definition) is 2. The second kappa shape index (κ2) is 4.53. The van der Waals surface area contributed by atoms with Gasteiger partial charge in [0.25, 0.3) is 0 Å². The number of ether oxygens (including phenoxy) is 1. The predicted octanol–water partition coefficient (Wildman–Crippen LogP) is 3.50. The Bertz CT molecular complexity index is 390. The van der Waals surface area contributed by atoms with Crippen molar-refractivity contribution in [2.45, 2.75) is 38.8 Å². The third-order valence-corrected chi connectivity index (χ3v) is 3.55. The molecule has 0 amide bonds. The summed E-state index contributed by atoms with van der Waals surface area (Å²) in [5, 5.41) is 3.54. The van der Waals surface area contributed by atoms with E-state index >= 15 is 0 Å². The molecular weight excluding hydrogens is 313 g/mol. The third-order valence-electron chi connectivity index (χ3n) is 2.88. The lowest BCUT2D eigenvalue weighted by Crippen LogP contribution is -2.39. The lowest BCUT2D eigenvalue weighted by Gasteiger charge is -2.38. The zero-order valence-electron chi connectivity index (χ0n) is 10.0. The minimum Gasteiger partial charge on any atom is -0.487 e. The molecule has 0 aromatic heterocycles. The molecule has 0 radical (unpaired) electrons. The summed E-state index contributed by atoms with van der Waals surface area (Å²) in [5.74, 6) is 1.03. The van der Waals surface area contributed by atoms with Crippen LogP contribution in [0.5, 0.6) is 5.75 Å². The Morgan fingerprint density at radius 2 is 2.25 bits per heavy atom. The van der Waals surface area contributed by atoms with E-state index < -0.39 is 0 Å². The lowest BCUT2D eigenvalue weighted by atomic mass is 9.90. The minimum atomic E-state index is -0.0768. The van der Waals surface area contributed by atoms with Crippen molar-refractivity contribution < 1.29 is 4.74 Å². The number of benzene rings is 1. The first-order chi connectivity index (χ1) is 7.52. The van der Waals surface area contributed by atoms with Crippen LogP contribution in [0.1, 0.15) is 38.8 Å². The van der Waals surface area contributed by atoms with Gasteiger partial charge in [-0.3, -0.25) is 0 Å². The molecule has 2 nitrogen and oxygen atoms in total. The lowest BCUT2D eigenvalue weighted by molar-refractivity contribution is 0.0664. The van der Waals surface area contributed by atoms with Crippen LogP contribution in [-0.4, -0.2) is 12.1 Å². The average Bonchev–Trinajstić information content (AvgIpc) is 2.18. The zero-order chi connectivity index (χ0) is 11.8. The molecule has 0 fully saturated rings. The fraction of sp³-hybridized carbons (Fsp3) is 0.538. The maximum atomic E-state index is 6.01. The van der Waals surface area contributed by atoms with E-state index in [2.05, 4.69) is 66.9 Å². The summed E-state index contributed by atoms with van der Waals surface area (Å²) in [6.07, 6.45) is 1.02. The molecule has 1 aromatic carbocycles. The minimum absolute atomic E-state index is 0.0768. The first-order valence-corrected chi connectivity index (χ1v) is 6.81. The van der Waals surface area contributed by atoms with Crippen LogP contribution in [0.25, 0.3) is 0 Å². The first-order valence-electron chi connectivity index (χ1n) is 5.74. The summed E-state index contributed by atoms with van der Waals surface area (Å²) in [5.41, 5.74) is 1.22. The summed E-state index contributed by atoms with van der Waals surface area (Å²) in [4.78, 5) is 0. The van der Waals surface area contributed by atoms with E-state index in [1.54, 1.807) is 0 Å². The molecule has 16 heavy (non-hydrogen) atoms. The summed E-state index contributed by atoms with van der Waals surface area (Å²) >= 11 is 2.35. The topological polar surface area (TPSA) is 21.3 Å². The van der Waals surface area contributed by atoms with Gasteiger partial charge >= 0.3 is 0 Å². The van der Waals surface area contributed by atoms with Gasteiger partial charge in [-0.15, -0.1) is 0 Å². The van der Waals surface area contributed by atoms with Crippen molar-refractivity contribution in [2.24, 2.45) is 0 Å². The van der Waals surface area contributed by atoms with Crippen molar-refractivity contribution in [1.82, 2.24) is 5.32 Å². The van der Waals surface area contributed by atoms with Gasteiger partial charge in [-0.05, 0) is 61.2 Å². The van der Waals surface area contributed by atoms with Crippen LogP contribution in [0.2, 0.25) is 0 Å². The Labute approximate surface area is 111 Å². The Kier molecular flexibility index (Phi) is 3.45. The van der Waals surface area contributed by atoms with Crippen molar-refractivity contribution in [3.63, 3.8) is 0 Å². The highest BCUT2D eigenvalue weighted by Crippen LogP contribution is 2.39. The van der Waals surface area contributed by atoms with Gasteiger partial charge in [-0.25, -0.2) is 0 Å². The molecule has 1 aromatic rings. The van der Waals surface area contributed by atoms with Crippen molar-refractivity contribution in [2.75, 3.05) is 6.54 Å². The van der Waals surface area contributed by atoms with Crippen LogP contribution in [-0.2, 0) is 0 Å². The van der Waals surface area contributed by atoms with E-state index in [-0.39, 0.29) is 5.60 Å². The van der Waals surface area contributed by atoms with Gasteiger partial charge in [-0.2, -0.15) is 0 Å². The molecule has 3 heteroatoms. The molecule has 0 saturated heterocycles. The highest BCUT2D eigenvalue weighted by atomic mass is 127. The molecule has 0 bridgehead atoms. The molecule has 0 saturated carbocycles. The normalized spacial score (nSPS) is 22.4. The van der Waals surface area contributed by atoms with Crippen LogP contribution in [0, 0.1) is 3.57 Å². The summed E-state index contributed by atoms with van der Waals surface area (Å²) < 4.78 is 7.27. The van der Waals surface area contributed by atoms with Crippen LogP contribution in [0.15, 0.2) is 18.2 Å². The fourth-order valence-corrected chi connectivity index (χ4v) is 2.77. The largest absolute Gasteiger partial charge is 0.487 e. The molecule has 1 heterocycles. The third kappa shape index (κ3) is 2.51. The van der Waals surface area contributed by atoms with Gasteiger partial charge in [0.15, 0.2) is 0 Å². The highest BCUT2D eigenvalue weighted by molar-refractivity contribution is 14.1. The maximum Gasteiger partial charge on any atom is 0.124 e. The predicted molar refractivity (Wildman–Crippen MR) is 74.9 cm³/mol. The van der Waals surface area contributed by atoms with Crippen molar-refractivity contribution >= 4 is 22.6 Å². The van der Waals surface area contributed by atoms with Crippen LogP contribution < -0.4 is 10.1 Å². The average molecular weight is 331 g/mol. The van der Waals surface area contributed by atoms with Gasteiger partial charge in [-0.1, -0.05) is 6.92 Å². The van der Waals surface area contributed by atoms with E-state index in [0.717, 1.165) is 18.7 Å². The molecule has 1 unspecified atom stereocenters. The second-order valence-corrected chi connectivity index (χ2v) is 6.10. The number of rotatable bonds is 2. The molecule has 0 aliphatic carbocycles. The monoisotopic (exact) mass is 331 g/mol. The fourth-order valence-electron chi connectivity index (χ4n) is 2.25. The van der Waals surface area contributed by atoms with Crippen LogP contribution in [0.3, 0.4) is 0 Å². The Balaban J connectivity index is 2.39.